The summed E-state index contributed by atoms with van der Waals surface area (Å²) in [4.78, 5) is 12.9. The summed E-state index contributed by atoms with van der Waals surface area (Å²) in [5.74, 6) is -0.0604. The Bertz CT molecular complexity index is 883. The predicted molar refractivity (Wildman–Crippen MR) is 98.7 cm³/mol. The zero-order valence-corrected chi connectivity index (χ0v) is 15.3. The van der Waals surface area contributed by atoms with Gasteiger partial charge in [0.15, 0.2) is 5.78 Å². The molecule has 116 valence electrons. The van der Waals surface area contributed by atoms with E-state index in [2.05, 4.69) is 21.0 Å². The van der Waals surface area contributed by atoms with Crippen LogP contribution in [0.25, 0.3) is 11.8 Å². The van der Waals surface area contributed by atoms with Gasteiger partial charge in [0.05, 0.1) is 16.3 Å². The molecule has 0 unspecified atom stereocenters. The highest BCUT2D eigenvalue weighted by molar-refractivity contribution is 9.10. The van der Waals surface area contributed by atoms with Crippen molar-refractivity contribution in [2.75, 3.05) is 0 Å². The van der Waals surface area contributed by atoms with Gasteiger partial charge >= 0.3 is 0 Å². The standard InChI is InChI=1S/C17H12BrClN2OS/c1-11-13(7-8-15(22)16-14(18)9-10-23-16)17(19)21(20-11)12-5-3-2-4-6-12/h2-10H,1H3. The number of hydrogen-bond acceptors (Lipinski definition) is 3. The van der Waals surface area contributed by atoms with Gasteiger partial charge in [0.2, 0.25) is 0 Å². The summed E-state index contributed by atoms with van der Waals surface area (Å²) >= 11 is 11.2. The van der Waals surface area contributed by atoms with Crippen molar-refractivity contribution in [3.63, 3.8) is 0 Å². The number of benzene rings is 1. The van der Waals surface area contributed by atoms with Crippen LogP contribution in [-0.2, 0) is 0 Å². The van der Waals surface area contributed by atoms with Gasteiger partial charge in [-0.2, -0.15) is 5.10 Å². The Morgan fingerprint density at radius 3 is 2.70 bits per heavy atom. The first-order valence-electron chi connectivity index (χ1n) is 6.84. The first-order chi connectivity index (χ1) is 11.1. The van der Waals surface area contributed by atoms with E-state index in [0.717, 1.165) is 21.4 Å². The van der Waals surface area contributed by atoms with Crippen LogP contribution in [0.15, 0.2) is 52.3 Å². The molecule has 0 radical (unpaired) electrons. The lowest BCUT2D eigenvalue weighted by molar-refractivity contribution is 0.105. The molecule has 0 atom stereocenters. The average Bonchev–Trinajstić information content (AvgIpc) is 3.10. The van der Waals surface area contributed by atoms with E-state index in [1.54, 1.807) is 10.8 Å². The molecule has 0 aliphatic rings. The molecule has 0 fully saturated rings. The second-order valence-electron chi connectivity index (χ2n) is 4.83. The van der Waals surface area contributed by atoms with Crippen molar-refractivity contribution in [1.29, 1.82) is 0 Å². The predicted octanol–water partition coefficient (Wildman–Crippen LogP) is 5.55. The van der Waals surface area contributed by atoms with E-state index in [4.69, 9.17) is 11.6 Å². The first kappa shape index (κ1) is 16.2. The second-order valence-corrected chi connectivity index (χ2v) is 6.96. The zero-order valence-electron chi connectivity index (χ0n) is 12.2. The van der Waals surface area contributed by atoms with E-state index in [0.29, 0.717) is 10.0 Å². The number of aromatic nitrogens is 2. The molecule has 0 N–H and O–H groups in total. The number of halogens is 2. The van der Waals surface area contributed by atoms with Crippen molar-refractivity contribution in [3.8, 4) is 5.69 Å². The van der Waals surface area contributed by atoms with Gasteiger partial charge in [0.25, 0.3) is 0 Å². The molecule has 3 rings (SSSR count). The Balaban J connectivity index is 1.92. The Kier molecular flexibility index (Phi) is 4.80. The third kappa shape index (κ3) is 3.32. The number of aryl methyl sites for hydroxylation is 1. The van der Waals surface area contributed by atoms with Crippen LogP contribution in [0, 0.1) is 6.92 Å². The lowest BCUT2D eigenvalue weighted by atomic mass is 10.2. The van der Waals surface area contributed by atoms with Crippen LogP contribution in [-0.4, -0.2) is 15.6 Å². The van der Waals surface area contributed by atoms with E-state index in [1.807, 2.05) is 48.7 Å². The van der Waals surface area contributed by atoms with Gasteiger partial charge in [-0.3, -0.25) is 4.79 Å². The van der Waals surface area contributed by atoms with Crippen LogP contribution in [0.2, 0.25) is 5.15 Å². The molecule has 0 saturated heterocycles. The van der Waals surface area contributed by atoms with Gasteiger partial charge in [-0.25, -0.2) is 4.68 Å². The molecule has 0 aliphatic heterocycles. The Morgan fingerprint density at radius 1 is 1.30 bits per heavy atom. The van der Waals surface area contributed by atoms with Crippen molar-refractivity contribution < 1.29 is 4.79 Å². The van der Waals surface area contributed by atoms with E-state index >= 15 is 0 Å². The highest BCUT2D eigenvalue weighted by Crippen LogP contribution is 2.26. The van der Waals surface area contributed by atoms with Gasteiger partial charge < -0.3 is 0 Å². The molecular formula is C17H12BrClN2OS. The molecule has 0 bridgehead atoms. The van der Waals surface area contributed by atoms with Gasteiger partial charge in [0.1, 0.15) is 5.15 Å². The van der Waals surface area contributed by atoms with E-state index in [-0.39, 0.29) is 5.78 Å². The molecule has 0 amide bonds. The quantitative estimate of drug-likeness (QED) is 0.419. The van der Waals surface area contributed by atoms with Crippen LogP contribution in [0.1, 0.15) is 20.9 Å². The van der Waals surface area contributed by atoms with Crippen molar-refractivity contribution in [2.24, 2.45) is 0 Å². The third-order valence-electron chi connectivity index (χ3n) is 3.29. The highest BCUT2D eigenvalue weighted by Gasteiger charge is 2.14. The molecule has 0 saturated carbocycles. The number of carbonyl (C=O) groups is 1. The van der Waals surface area contributed by atoms with Gasteiger partial charge in [-0.15, -0.1) is 11.3 Å². The maximum Gasteiger partial charge on any atom is 0.196 e. The Morgan fingerprint density at radius 2 is 2.04 bits per heavy atom. The van der Waals surface area contributed by atoms with Crippen LogP contribution in [0.5, 0.6) is 0 Å². The summed E-state index contributed by atoms with van der Waals surface area (Å²) in [6, 6.07) is 11.5. The van der Waals surface area contributed by atoms with Gasteiger partial charge in [0, 0.05) is 10.0 Å². The smallest absolute Gasteiger partial charge is 0.196 e. The number of nitrogens with zero attached hydrogens (tertiary/aromatic N) is 2. The summed E-state index contributed by atoms with van der Waals surface area (Å²) in [5, 5.41) is 6.81. The molecule has 23 heavy (non-hydrogen) atoms. The van der Waals surface area contributed by atoms with Gasteiger partial charge in [-0.05, 0) is 58.6 Å². The fraction of sp³-hybridized carbons (Fsp3) is 0.0588. The second kappa shape index (κ2) is 6.83. The number of allylic oxidation sites excluding steroid dienone is 1. The molecule has 0 aliphatic carbocycles. The lowest BCUT2D eigenvalue weighted by Gasteiger charge is -2.01. The van der Waals surface area contributed by atoms with E-state index in [9.17, 15) is 4.79 Å². The topological polar surface area (TPSA) is 34.9 Å². The maximum absolute atomic E-state index is 12.2. The van der Waals surface area contributed by atoms with E-state index in [1.165, 1.54) is 17.4 Å². The average molecular weight is 408 g/mol. The van der Waals surface area contributed by atoms with Crippen LogP contribution >= 0.6 is 38.9 Å². The van der Waals surface area contributed by atoms with Gasteiger partial charge in [-0.1, -0.05) is 29.8 Å². The minimum Gasteiger partial charge on any atom is -0.288 e. The first-order valence-corrected chi connectivity index (χ1v) is 8.89. The maximum atomic E-state index is 12.2. The summed E-state index contributed by atoms with van der Waals surface area (Å²) in [7, 11) is 0. The van der Waals surface area contributed by atoms with E-state index < -0.39 is 0 Å². The summed E-state index contributed by atoms with van der Waals surface area (Å²) in [6.45, 7) is 1.87. The molecule has 2 aromatic heterocycles. The monoisotopic (exact) mass is 406 g/mol. The third-order valence-corrected chi connectivity index (χ3v) is 5.51. The van der Waals surface area contributed by atoms with Crippen LogP contribution in [0.4, 0.5) is 0 Å². The zero-order chi connectivity index (χ0) is 16.4. The Labute approximate surface area is 151 Å². The number of hydrogen-bond donors (Lipinski definition) is 0. The fourth-order valence-corrected chi connectivity index (χ4v) is 3.97. The van der Waals surface area contributed by atoms with Crippen molar-refractivity contribution >= 4 is 50.7 Å². The van der Waals surface area contributed by atoms with Crippen molar-refractivity contribution in [1.82, 2.24) is 9.78 Å². The summed E-state index contributed by atoms with van der Waals surface area (Å²) in [6.07, 6.45) is 3.25. The largest absolute Gasteiger partial charge is 0.288 e. The van der Waals surface area contributed by atoms with Crippen molar-refractivity contribution in [2.45, 2.75) is 6.92 Å². The minimum atomic E-state index is -0.0604. The molecule has 3 nitrogen and oxygen atoms in total. The number of rotatable bonds is 4. The highest BCUT2D eigenvalue weighted by atomic mass is 79.9. The molecule has 1 aromatic carbocycles. The van der Waals surface area contributed by atoms with Crippen LogP contribution < -0.4 is 0 Å². The molecule has 3 aromatic rings. The summed E-state index contributed by atoms with van der Waals surface area (Å²) < 4.78 is 2.47. The molecule has 2 heterocycles. The van der Waals surface area contributed by atoms with Crippen molar-refractivity contribution in [3.05, 3.63) is 73.6 Å². The molecule has 0 spiro atoms. The number of ketones is 1. The molecule has 6 heteroatoms. The normalized spacial score (nSPS) is 11.3. The molecular weight excluding hydrogens is 396 g/mol. The minimum absolute atomic E-state index is 0.0604. The number of thiophene rings is 1. The fourth-order valence-electron chi connectivity index (χ4n) is 2.15. The lowest BCUT2D eigenvalue weighted by Crippen LogP contribution is -1.95. The Hall–Kier alpha value is -1.69. The van der Waals surface area contributed by atoms with Crippen LogP contribution in [0.3, 0.4) is 0 Å². The SMILES string of the molecule is Cc1nn(-c2ccccc2)c(Cl)c1C=CC(=O)c1sccc1Br. The summed E-state index contributed by atoms with van der Waals surface area (Å²) in [5.41, 5.74) is 2.40. The number of para-hydroxylation sites is 1. The number of carbonyl (C=O) groups excluding carboxylic acids is 1.